The standard InChI is InChI=1S/C18H22Si.C9H7.Rh/c1-7-19(8-2,17-9-13(3)14(4)10-17)18-11-15(5)16(6)12-18;1-2-5-9-7-3-6-8(9)4-1;/h7-12H,1-2H2,3-6H3;1-7H;/q;;+3. The Bertz CT molecular complexity index is 534. The average molecular weight is 485 g/mol. The minimum Gasteiger partial charge on any atom is -0.107 e. The van der Waals surface area contributed by atoms with Gasteiger partial charge in [-0.1, -0.05) is 63.4 Å². The molecule has 4 rings (SSSR count). The fourth-order valence-electron chi connectivity index (χ4n) is 3.74. The predicted octanol–water partition coefficient (Wildman–Crippen LogP) is 6.22. The summed E-state index contributed by atoms with van der Waals surface area (Å²) in [5.41, 5.74) is 7.08. The molecule has 0 aromatic heterocycles. The van der Waals surface area contributed by atoms with Gasteiger partial charge in [0.1, 0.15) is 8.07 Å². The Hall–Kier alpha value is -0.200. The minimum atomic E-state index is -1.99. The molecule has 0 heterocycles. The van der Waals surface area contributed by atoms with Crippen LogP contribution in [0, 0.1) is 91.5 Å². The Morgan fingerprint density at radius 3 is 1.31 bits per heavy atom. The molecule has 2 heteroatoms. The van der Waals surface area contributed by atoms with Gasteiger partial charge in [-0.15, -0.1) is 13.2 Å². The first-order valence-electron chi connectivity index (χ1n) is 9.77. The Morgan fingerprint density at radius 1 is 0.655 bits per heavy atom. The zero-order valence-electron chi connectivity index (χ0n) is 17.8. The van der Waals surface area contributed by atoms with E-state index in [1.807, 2.05) is 0 Å². The Morgan fingerprint density at radius 2 is 1.00 bits per heavy atom. The molecule has 0 atom stereocenters. The van der Waals surface area contributed by atoms with Crippen molar-refractivity contribution in [3.8, 4) is 0 Å². The topological polar surface area (TPSA) is 0 Å². The number of hydrogen-bond donors (Lipinski definition) is 0. The quantitative estimate of drug-likeness (QED) is 0.416. The largest absolute Gasteiger partial charge is 3.00 e. The van der Waals surface area contributed by atoms with Crippen molar-refractivity contribution in [1.29, 1.82) is 0 Å². The van der Waals surface area contributed by atoms with Gasteiger partial charge in [0.25, 0.3) is 0 Å². The van der Waals surface area contributed by atoms with E-state index in [9.17, 15) is 0 Å². The van der Waals surface area contributed by atoms with E-state index in [-0.39, 0.29) is 19.5 Å². The number of hydrogen-bond acceptors (Lipinski definition) is 0. The Balaban J connectivity index is 0.000000250. The molecule has 4 aliphatic carbocycles. The molecule has 0 amide bonds. The maximum Gasteiger partial charge on any atom is 3.00 e. The van der Waals surface area contributed by atoms with E-state index in [0.717, 1.165) is 0 Å². The molecular formula is C27H29RhSi+3. The zero-order valence-corrected chi connectivity index (χ0v) is 20.4. The molecule has 3 saturated carbocycles. The van der Waals surface area contributed by atoms with Crippen molar-refractivity contribution < 1.29 is 19.5 Å². The molecule has 0 aromatic rings. The van der Waals surface area contributed by atoms with Crippen LogP contribution in [-0.4, -0.2) is 8.07 Å². The summed E-state index contributed by atoms with van der Waals surface area (Å²) < 4.78 is 0. The van der Waals surface area contributed by atoms with Gasteiger partial charge in [-0.2, -0.15) is 0 Å². The van der Waals surface area contributed by atoms with Crippen LogP contribution in [0.2, 0.25) is 0 Å². The molecule has 0 aliphatic heterocycles. The van der Waals surface area contributed by atoms with Crippen molar-refractivity contribution in [3.05, 3.63) is 140 Å². The fraction of sp³-hybridized carbons (Fsp3) is 0.148. The average Bonchev–Trinajstić information content (AvgIpc) is 3.38. The second-order valence-corrected chi connectivity index (χ2v) is 11.4. The van der Waals surface area contributed by atoms with Crippen molar-refractivity contribution in [3.63, 3.8) is 0 Å². The predicted molar refractivity (Wildman–Crippen MR) is 123 cm³/mol. The van der Waals surface area contributed by atoms with Gasteiger partial charge in [-0.3, -0.25) is 0 Å². The van der Waals surface area contributed by atoms with Gasteiger partial charge >= 0.3 is 19.5 Å². The normalized spacial score (nSPS) is 25.7. The van der Waals surface area contributed by atoms with Crippen LogP contribution in [0.25, 0.3) is 0 Å². The van der Waals surface area contributed by atoms with Crippen LogP contribution in [0.5, 0.6) is 0 Å². The van der Waals surface area contributed by atoms with E-state index < -0.39 is 8.07 Å². The van der Waals surface area contributed by atoms with E-state index in [4.69, 9.17) is 0 Å². The van der Waals surface area contributed by atoms with Gasteiger partial charge in [0.05, 0.1) is 0 Å². The van der Waals surface area contributed by atoms with Crippen LogP contribution in [-0.2, 0) is 19.5 Å². The first-order chi connectivity index (χ1) is 13.4. The third-order valence-electron chi connectivity index (χ3n) is 5.88. The summed E-state index contributed by atoms with van der Waals surface area (Å²) in [6.45, 7) is 16.9. The van der Waals surface area contributed by atoms with Crippen molar-refractivity contribution in [2.24, 2.45) is 0 Å². The van der Waals surface area contributed by atoms with Crippen LogP contribution in [0.1, 0.15) is 27.7 Å². The van der Waals surface area contributed by atoms with Crippen LogP contribution in [0.4, 0.5) is 0 Å². The molecule has 0 aromatic carbocycles. The monoisotopic (exact) mass is 484 g/mol. The first kappa shape index (κ1) is 25.1. The van der Waals surface area contributed by atoms with Crippen molar-refractivity contribution in [2.45, 2.75) is 27.7 Å². The van der Waals surface area contributed by atoms with Gasteiger partial charge in [-0.05, 0) is 79.7 Å². The fourth-order valence-corrected chi connectivity index (χ4v) is 7.00. The molecule has 29 heavy (non-hydrogen) atoms. The zero-order chi connectivity index (χ0) is 20.3. The van der Waals surface area contributed by atoms with E-state index in [1.165, 1.54) is 46.6 Å². The molecule has 0 saturated heterocycles. The van der Waals surface area contributed by atoms with E-state index in [0.29, 0.717) is 0 Å². The first-order valence-corrected chi connectivity index (χ1v) is 11.9. The maximum absolute atomic E-state index is 4.13. The van der Waals surface area contributed by atoms with Crippen LogP contribution in [0.3, 0.4) is 0 Å². The molecule has 147 valence electrons. The summed E-state index contributed by atoms with van der Waals surface area (Å²) in [5.74, 6) is 8.09. The maximum atomic E-state index is 4.13. The second kappa shape index (κ2) is 10.9. The molecule has 0 spiro atoms. The molecule has 4 aliphatic rings. The van der Waals surface area contributed by atoms with Crippen molar-refractivity contribution in [1.82, 2.24) is 0 Å². The molecular weight excluding hydrogens is 455 g/mol. The van der Waals surface area contributed by atoms with E-state index >= 15 is 0 Å². The van der Waals surface area contributed by atoms with E-state index in [2.05, 4.69) is 122 Å². The van der Waals surface area contributed by atoms with Crippen molar-refractivity contribution in [2.75, 3.05) is 0 Å². The molecule has 3 fully saturated rings. The van der Waals surface area contributed by atoms with Crippen LogP contribution >= 0.6 is 0 Å². The van der Waals surface area contributed by atoms with Crippen LogP contribution < -0.4 is 0 Å². The minimum absolute atomic E-state index is 0. The van der Waals surface area contributed by atoms with Crippen LogP contribution in [0.15, 0.2) is 48.9 Å². The molecule has 0 nitrogen and oxygen atoms in total. The molecule has 0 unspecified atom stereocenters. The van der Waals surface area contributed by atoms with Gasteiger partial charge < -0.3 is 0 Å². The summed E-state index contributed by atoms with van der Waals surface area (Å²) in [5, 5.41) is 0. The van der Waals surface area contributed by atoms with Gasteiger partial charge in [0.2, 0.25) is 0 Å². The smallest absolute Gasteiger partial charge is 0.107 e. The molecule has 15 radical (unpaired) electrons. The summed E-state index contributed by atoms with van der Waals surface area (Å²) in [7, 11) is -1.99. The number of fused-ring (bicyclic) bond motifs is 1. The SMILES string of the molecule is C=C[Si](C=C)([C]1[CH][C](C)[C](C)[CH]1)[C]1[CH][C](C)[C](C)[CH]1.[CH]1[CH][C]2C=CC=C[C]2[CH]1.[Rh+3]. The van der Waals surface area contributed by atoms with Gasteiger partial charge in [-0.25, -0.2) is 0 Å². The summed E-state index contributed by atoms with van der Waals surface area (Å²) in [6.07, 6.45) is 23.9. The van der Waals surface area contributed by atoms with Gasteiger partial charge in [0, 0.05) is 11.8 Å². The summed E-state index contributed by atoms with van der Waals surface area (Å²) in [4.78, 5) is 0. The Labute approximate surface area is 195 Å². The second-order valence-electron chi connectivity index (χ2n) is 7.65. The van der Waals surface area contributed by atoms with Crippen molar-refractivity contribution >= 4 is 8.07 Å². The molecule has 0 N–H and O–H groups in total. The molecule has 0 bridgehead atoms. The third kappa shape index (κ3) is 5.35. The summed E-state index contributed by atoms with van der Waals surface area (Å²) in [6, 6.07) is 0. The number of allylic oxidation sites excluding steroid dienone is 4. The van der Waals surface area contributed by atoms with E-state index in [1.54, 1.807) is 0 Å². The Kier molecular flexibility index (Phi) is 9.42. The number of rotatable bonds is 4. The summed E-state index contributed by atoms with van der Waals surface area (Å²) >= 11 is 0. The van der Waals surface area contributed by atoms with Gasteiger partial charge in [0.15, 0.2) is 0 Å². The third-order valence-corrected chi connectivity index (χ3v) is 9.65.